The molecule has 3 nitrogen and oxygen atoms in total. The van der Waals surface area contributed by atoms with Gasteiger partial charge in [0.05, 0.1) is 0 Å². The predicted molar refractivity (Wildman–Crippen MR) is 204 cm³/mol. The SMILES string of the molecule is CC1(C)c2ccccc2-c2ccc(-c3nc(-c4ccccc4)nc(-c4ccc5c(c4)C(C)(C)c4ccc6c(sc7ccccc76)c4-5)n3)cc21. The molecule has 0 bridgehead atoms. The highest BCUT2D eigenvalue weighted by Gasteiger charge is 2.38. The molecule has 0 saturated carbocycles. The van der Waals surface area contributed by atoms with Crippen LogP contribution in [0, 0.1) is 0 Å². The molecule has 2 aliphatic carbocycles. The summed E-state index contributed by atoms with van der Waals surface area (Å²) in [5.41, 5.74) is 13.3. The standard InChI is InChI=1S/C45H33N3S/c1-44(2)34-16-10-8-14-29(34)30-20-18-27(24-36(30)44)42-46-41(26-12-6-5-7-13-26)47-43(48-42)28-19-21-33-37(25-28)45(3,4)35-23-22-32-31-15-9-11-17-38(31)49-40(32)39(33)35/h5-25H,1-4H3. The third kappa shape index (κ3) is 4.04. The number of aromatic nitrogens is 3. The van der Waals surface area contributed by atoms with Gasteiger partial charge >= 0.3 is 0 Å². The van der Waals surface area contributed by atoms with Gasteiger partial charge < -0.3 is 0 Å². The van der Waals surface area contributed by atoms with Crippen molar-refractivity contribution in [3.8, 4) is 56.4 Å². The van der Waals surface area contributed by atoms with Crippen LogP contribution in [0.5, 0.6) is 0 Å². The van der Waals surface area contributed by atoms with E-state index in [-0.39, 0.29) is 10.8 Å². The van der Waals surface area contributed by atoms with Crippen molar-refractivity contribution < 1.29 is 0 Å². The van der Waals surface area contributed by atoms with Crippen LogP contribution >= 0.6 is 11.3 Å². The minimum Gasteiger partial charge on any atom is -0.208 e. The molecular weight excluding hydrogens is 615 g/mol. The summed E-state index contributed by atoms with van der Waals surface area (Å²) in [5, 5.41) is 2.67. The van der Waals surface area contributed by atoms with E-state index < -0.39 is 0 Å². The van der Waals surface area contributed by atoms with Gasteiger partial charge in [-0.25, -0.2) is 15.0 Å². The van der Waals surface area contributed by atoms with E-state index in [0.29, 0.717) is 17.5 Å². The van der Waals surface area contributed by atoms with E-state index in [9.17, 15) is 0 Å². The fourth-order valence-corrected chi connectivity index (χ4v) is 9.60. The molecule has 10 rings (SSSR count). The number of thiophene rings is 1. The molecule has 0 spiro atoms. The smallest absolute Gasteiger partial charge is 0.164 e. The monoisotopic (exact) mass is 647 g/mol. The van der Waals surface area contributed by atoms with E-state index in [4.69, 9.17) is 15.0 Å². The van der Waals surface area contributed by atoms with Crippen LogP contribution in [-0.4, -0.2) is 15.0 Å². The van der Waals surface area contributed by atoms with Crippen molar-refractivity contribution in [2.75, 3.05) is 0 Å². The van der Waals surface area contributed by atoms with Gasteiger partial charge in [0.15, 0.2) is 17.5 Å². The molecular formula is C45H33N3S. The summed E-state index contributed by atoms with van der Waals surface area (Å²) in [4.78, 5) is 15.4. The Bertz CT molecular complexity index is 2660. The molecule has 0 fully saturated rings. The summed E-state index contributed by atoms with van der Waals surface area (Å²) in [6.45, 7) is 9.32. The second kappa shape index (κ2) is 10.0. The number of rotatable bonds is 3. The maximum absolute atomic E-state index is 5.20. The fourth-order valence-electron chi connectivity index (χ4n) is 8.33. The molecule has 6 aromatic carbocycles. The van der Waals surface area contributed by atoms with Gasteiger partial charge in [0.2, 0.25) is 0 Å². The van der Waals surface area contributed by atoms with Crippen LogP contribution in [0.2, 0.25) is 0 Å². The fraction of sp³-hybridized carbons (Fsp3) is 0.133. The number of hydrogen-bond acceptors (Lipinski definition) is 4. The number of benzene rings is 6. The molecule has 2 aromatic heterocycles. The molecule has 2 aliphatic rings. The van der Waals surface area contributed by atoms with Gasteiger partial charge in [0.1, 0.15) is 0 Å². The van der Waals surface area contributed by atoms with Crippen LogP contribution in [0.15, 0.2) is 127 Å². The van der Waals surface area contributed by atoms with Gasteiger partial charge in [-0.1, -0.05) is 137 Å². The third-order valence-corrected chi connectivity index (χ3v) is 12.2. The molecule has 2 heterocycles. The second-order valence-electron chi connectivity index (χ2n) is 14.5. The first kappa shape index (κ1) is 28.6. The first-order valence-corrected chi connectivity index (χ1v) is 17.8. The van der Waals surface area contributed by atoms with Crippen LogP contribution in [0.3, 0.4) is 0 Å². The van der Waals surface area contributed by atoms with Crippen molar-refractivity contribution in [3.05, 3.63) is 150 Å². The van der Waals surface area contributed by atoms with E-state index in [1.807, 2.05) is 29.5 Å². The maximum Gasteiger partial charge on any atom is 0.164 e. The van der Waals surface area contributed by atoms with E-state index >= 15 is 0 Å². The Hall–Kier alpha value is -5.45. The summed E-state index contributed by atoms with van der Waals surface area (Å²) in [6, 6.07) is 46.0. The van der Waals surface area contributed by atoms with E-state index in [2.05, 4.69) is 137 Å². The van der Waals surface area contributed by atoms with Crippen LogP contribution in [0.25, 0.3) is 76.6 Å². The molecule has 0 atom stereocenters. The summed E-state index contributed by atoms with van der Waals surface area (Å²) in [5.74, 6) is 2.06. The van der Waals surface area contributed by atoms with Crippen LogP contribution in [-0.2, 0) is 10.8 Å². The van der Waals surface area contributed by atoms with E-state index in [1.54, 1.807) is 0 Å². The Balaban J connectivity index is 1.14. The minimum absolute atomic E-state index is 0.111. The highest BCUT2D eigenvalue weighted by molar-refractivity contribution is 7.26. The Morgan fingerprint density at radius 1 is 0.429 bits per heavy atom. The zero-order chi connectivity index (χ0) is 33.1. The van der Waals surface area contributed by atoms with Gasteiger partial charge in [-0.15, -0.1) is 11.3 Å². The van der Waals surface area contributed by atoms with E-state index in [1.165, 1.54) is 64.7 Å². The number of fused-ring (bicyclic) bond motifs is 10. The third-order valence-electron chi connectivity index (χ3n) is 10.9. The van der Waals surface area contributed by atoms with Gasteiger partial charge in [-0.3, -0.25) is 0 Å². The largest absolute Gasteiger partial charge is 0.208 e. The average Bonchev–Trinajstić information content (AvgIpc) is 3.71. The lowest BCUT2D eigenvalue weighted by molar-refractivity contribution is 0.660. The first-order valence-electron chi connectivity index (χ1n) is 17.0. The lowest BCUT2D eigenvalue weighted by Crippen LogP contribution is -2.15. The van der Waals surface area contributed by atoms with Crippen molar-refractivity contribution in [3.63, 3.8) is 0 Å². The lowest BCUT2D eigenvalue weighted by Gasteiger charge is -2.22. The molecule has 0 unspecified atom stereocenters. The summed E-state index contributed by atoms with van der Waals surface area (Å²) >= 11 is 1.90. The zero-order valence-corrected chi connectivity index (χ0v) is 28.7. The molecule has 0 saturated heterocycles. The van der Waals surface area contributed by atoms with Gasteiger partial charge in [-0.2, -0.15) is 0 Å². The van der Waals surface area contributed by atoms with E-state index in [0.717, 1.165) is 16.7 Å². The van der Waals surface area contributed by atoms with Crippen LogP contribution in [0.4, 0.5) is 0 Å². The number of nitrogens with zero attached hydrogens (tertiary/aromatic N) is 3. The molecule has 234 valence electrons. The summed E-state index contributed by atoms with van der Waals surface area (Å²) < 4.78 is 2.70. The minimum atomic E-state index is -0.163. The Morgan fingerprint density at radius 2 is 1.00 bits per heavy atom. The molecule has 4 heteroatoms. The molecule has 8 aromatic rings. The van der Waals surface area contributed by atoms with Crippen LogP contribution in [0.1, 0.15) is 49.9 Å². The topological polar surface area (TPSA) is 38.7 Å². The Morgan fingerprint density at radius 3 is 1.76 bits per heavy atom. The van der Waals surface area contributed by atoms with Crippen LogP contribution < -0.4 is 0 Å². The van der Waals surface area contributed by atoms with Gasteiger partial charge in [0.25, 0.3) is 0 Å². The van der Waals surface area contributed by atoms with Gasteiger partial charge in [0, 0.05) is 53.3 Å². The molecule has 49 heavy (non-hydrogen) atoms. The average molecular weight is 648 g/mol. The molecule has 0 radical (unpaired) electrons. The molecule has 0 aliphatic heterocycles. The Kier molecular flexibility index (Phi) is 5.85. The van der Waals surface area contributed by atoms with Crippen molar-refractivity contribution >= 4 is 31.5 Å². The summed E-state index contributed by atoms with van der Waals surface area (Å²) in [7, 11) is 0. The van der Waals surface area contributed by atoms with Crippen molar-refractivity contribution in [2.45, 2.75) is 38.5 Å². The number of hydrogen-bond donors (Lipinski definition) is 0. The molecule has 0 amide bonds. The van der Waals surface area contributed by atoms with Crippen molar-refractivity contribution in [1.82, 2.24) is 15.0 Å². The lowest BCUT2D eigenvalue weighted by atomic mass is 9.82. The van der Waals surface area contributed by atoms with Gasteiger partial charge in [-0.05, 0) is 57.1 Å². The zero-order valence-electron chi connectivity index (χ0n) is 27.9. The molecule has 0 N–H and O–H groups in total. The first-order chi connectivity index (χ1) is 23.8. The normalized spacial score (nSPS) is 14.9. The quantitative estimate of drug-likeness (QED) is 0.192. The second-order valence-corrected chi connectivity index (χ2v) is 15.5. The highest BCUT2D eigenvalue weighted by atomic mass is 32.1. The maximum atomic E-state index is 5.20. The van der Waals surface area contributed by atoms with Crippen molar-refractivity contribution in [2.24, 2.45) is 0 Å². The highest BCUT2D eigenvalue weighted by Crippen LogP contribution is 2.54. The predicted octanol–water partition coefficient (Wildman–Crippen LogP) is 11.9. The summed E-state index contributed by atoms with van der Waals surface area (Å²) in [6.07, 6.45) is 0. The Labute approximate surface area is 290 Å². The van der Waals surface area contributed by atoms with Crippen molar-refractivity contribution in [1.29, 1.82) is 0 Å².